The molecule has 4 heteroatoms. The highest BCUT2D eigenvalue weighted by Crippen LogP contribution is 2.22. The number of aliphatic carboxylic acids is 1. The summed E-state index contributed by atoms with van der Waals surface area (Å²) >= 11 is 0. The molecule has 19 heavy (non-hydrogen) atoms. The van der Waals surface area contributed by atoms with Gasteiger partial charge in [-0.15, -0.1) is 0 Å². The highest BCUT2D eigenvalue weighted by molar-refractivity contribution is 5.74. The van der Waals surface area contributed by atoms with Crippen LogP contribution in [0, 0.1) is 12.3 Å². The standard InChI is InChI=1S/C15H18N2O2/c1-11-9-16-17(10-11)13-6-4-12(5-7-13)8-15(2,3)14(18)19/h4-7,9-10H,8H2,1-3H3,(H,18,19). The number of carboxylic acids is 1. The summed E-state index contributed by atoms with van der Waals surface area (Å²) in [4.78, 5) is 11.1. The van der Waals surface area contributed by atoms with Gasteiger partial charge in [0, 0.05) is 6.20 Å². The van der Waals surface area contributed by atoms with Crippen molar-refractivity contribution in [3.63, 3.8) is 0 Å². The molecule has 0 atom stereocenters. The Hall–Kier alpha value is -2.10. The Morgan fingerprint density at radius 2 is 1.95 bits per heavy atom. The minimum Gasteiger partial charge on any atom is -0.481 e. The third kappa shape index (κ3) is 3.02. The predicted octanol–water partition coefficient (Wildman–Crippen LogP) is 2.83. The van der Waals surface area contributed by atoms with Crippen molar-refractivity contribution in [1.29, 1.82) is 0 Å². The Bertz CT molecular complexity index is 582. The second-order valence-electron chi connectivity index (χ2n) is 5.49. The highest BCUT2D eigenvalue weighted by Gasteiger charge is 2.27. The fourth-order valence-electron chi connectivity index (χ4n) is 1.91. The SMILES string of the molecule is Cc1cnn(-c2ccc(CC(C)(C)C(=O)O)cc2)c1. The molecule has 0 radical (unpaired) electrons. The molecule has 1 N–H and O–H groups in total. The van der Waals surface area contributed by atoms with Crippen LogP contribution in [0.15, 0.2) is 36.7 Å². The molecule has 0 saturated carbocycles. The zero-order valence-electron chi connectivity index (χ0n) is 11.4. The molecule has 0 bridgehead atoms. The molecular weight excluding hydrogens is 240 g/mol. The van der Waals surface area contributed by atoms with Gasteiger partial charge >= 0.3 is 5.97 Å². The predicted molar refractivity (Wildman–Crippen MR) is 73.4 cm³/mol. The molecule has 0 aliphatic heterocycles. The summed E-state index contributed by atoms with van der Waals surface area (Å²) < 4.78 is 1.81. The lowest BCUT2D eigenvalue weighted by Crippen LogP contribution is -2.26. The van der Waals surface area contributed by atoms with Crippen LogP contribution in [0.4, 0.5) is 0 Å². The van der Waals surface area contributed by atoms with Gasteiger partial charge in [-0.2, -0.15) is 5.10 Å². The molecule has 1 aromatic carbocycles. The van der Waals surface area contributed by atoms with Crippen molar-refractivity contribution in [2.45, 2.75) is 27.2 Å². The summed E-state index contributed by atoms with van der Waals surface area (Å²) in [5.74, 6) is -0.778. The average molecular weight is 258 g/mol. The van der Waals surface area contributed by atoms with E-state index in [1.165, 1.54) is 0 Å². The lowest BCUT2D eigenvalue weighted by molar-refractivity contribution is -0.146. The van der Waals surface area contributed by atoms with Gasteiger partial charge in [-0.1, -0.05) is 12.1 Å². The van der Waals surface area contributed by atoms with Gasteiger partial charge in [-0.25, -0.2) is 4.68 Å². The molecule has 4 nitrogen and oxygen atoms in total. The van der Waals surface area contributed by atoms with Gasteiger partial charge in [-0.3, -0.25) is 4.79 Å². The van der Waals surface area contributed by atoms with Gasteiger partial charge in [0.1, 0.15) is 0 Å². The largest absolute Gasteiger partial charge is 0.481 e. The maximum atomic E-state index is 11.1. The van der Waals surface area contributed by atoms with Crippen LogP contribution in [0.3, 0.4) is 0 Å². The van der Waals surface area contributed by atoms with Crippen molar-refractivity contribution in [2.75, 3.05) is 0 Å². The first-order valence-corrected chi connectivity index (χ1v) is 6.22. The summed E-state index contributed by atoms with van der Waals surface area (Å²) in [7, 11) is 0. The molecule has 0 aliphatic carbocycles. The Morgan fingerprint density at radius 3 is 2.42 bits per heavy atom. The molecule has 1 aromatic heterocycles. The number of hydrogen-bond acceptors (Lipinski definition) is 2. The zero-order valence-corrected chi connectivity index (χ0v) is 11.4. The zero-order chi connectivity index (χ0) is 14.0. The molecule has 1 heterocycles. The Labute approximate surface area is 112 Å². The van der Waals surface area contributed by atoms with Crippen molar-refractivity contribution in [2.24, 2.45) is 5.41 Å². The fourth-order valence-corrected chi connectivity index (χ4v) is 1.91. The Morgan fingerprint density at radius 1 is 1.32 bits per heavy atom. The second kappa shape index (κ2) is 4.88. The van der Waals surface area contributed by atoms with E-state index in [1.807, 2.05) is 37.4 Å². The molecule has 0 saturated heterocycles. The lowest BCUT2D eigenvalue weighted by atomic mass is 9.86. The van der Waals surface area contributed by atoms with Gasteiger partial charge in [-0.05, 0) is 50.5 Å². The first-order valence-electron chi connectivity index (χ1n) is 6.22. The van der Waals surface area contributed by atoms with E-state index in [2.05, 4.69) is 5.10 Å². The van der Waals surface area contributed by atoms with Crippen LogP contribution in [-0.4, -0.2) is 20.9 Å². The second-order valence-corrected chi connectivity index (χ2v) is 5.49. The number of aromatic nitrogens is 2. The van der Waals surface area contributed by atoms with Crippen LogP contribution in [0.5, 0.6) is 0 Å². The summed E-state index contributed by atoms with van der Waals surface area (Å²) in [6.07, 6.45) is 4.28. The molecule has 2 aromatic rings. The number of rotatable bonds is 4. The van der Waals surface area contributed by atoms with Crippen LogP contribution < -0.4 is 0 Å². The van der Waals surface area contributed by atoms with E-state index in [9.17, 15) is 4.79 Å². The lowest BCUT2D eigenvalue weighted by Gasteiger charge is -2.19. The molecule has 0 spiro atoms. The van der Waals surface area contributed by atoms with Crippen molar-refractivity contribution in [3.05, 3.63) is 47.8 Å². The maximum Gasteiger partial charge on any atom is 0.309 e. The number of carbonyl (C=O) groups is 1. The molecule has 0 unspecified atom stereocenters. The fraction of sp³-hybridized carbons (Fsp3) is 0.333. The number of hydrogen-bond donors (Lipinski definition) is 1. The minimum absolute atomic E-state index is 0.515. The highest BCUT2D eigenvalue weighted by atomic mass is 16.4. The van der Waals surface area contributed by atoms with E-state index < -0.39 is 11.4 Å². The molecule has 2 rings (SSSR count). The van der Waals surface area contributed by atoms with Gasteiger partial charge in [0.05, 0.1) is 17.3 Å². The Kier molecular flexibility index (Phi) is 3.42. The normalized spacial score (nSPS) is 11.5. The smallest absolute Gasteiger partial charge is 0.309 e. The van der Waals surface area contributed by atoms with Gasteiger partial charge in [0.2, 0.25) is 0 Å². The number of nitrogens with zero attached hydrogens (tertiary/aromatic N) is 2. The minimum atomic E-state index is -0.778. The molecule has 100 valence electrons. The summed E-state index contributed by atoms with van der Waals surface area (Å²) in [6, 6.07) is 7.83. The average Bonchev–Trinajstić information content (AvgIpc) is 2.76. The van der Waals surface area contributed by atoms with Crippen molar-refractivity contribution in [1.82, 2.24) is 9.78 Å². The number of benzene rings is 1. The first kappa shape index (κ1) is 13.3. The molecular formula is C15H18N2O2. The van der Waals surface area contributed by atoms with E-state index >= 15 is 0 Å². The van der Waals surface area contributed by atoms with E-state index in [0.29, 0.717) is 6.42 Å². The van der Waals surface area contributed by atoms with Crippen molar-refractivity contribution >= 4 is 5.97 Å². The molecule has 0 fully saturated rings. The topological polar surface area (TPSA) is 55.1 Å². The van der Waals surface area contributed by atoms with E-state index in [-0.39, 0.29) is 0 Å². The van der Waals surface area contributed by atoms with Crippen LogP contribution in [0.1, 0.15) is 25.0 Å². The summed E-state index contributed by atoms with van der Waals surface area (Å²) in [5.41, 5.74) is 2.35. The van der Waals surface area contributed by atoms with Crippen molar-refractivity contribution in [3.8, 4) is 5.69 Å². The van der Waals surface area contributed by atoms with E-state index in [4.69, 9.17) is 5.11 Å². The Balaban J connectivity index is 2.17. The summed E-state index contributed by atoms with van der Waals surface area (Å²) in [5, 5.41) is 13.4. The third-order valence-corrected chi connectivity index (χ3v) is 3.14. The van der Waals surface area contributed by atoms with Gasteiger partial charge in [0.25, 0.3) is 0 Å². The number of carboxylic acid groups (broad SMARTS) is 1. The van der Waals surface area contributed by atoms with Crippen LogP contribution in [0.25, 0.3) is 5.69 Å². The maximum absolute atomic E-state index is 11.1. The van der Waals surface area contributed by atoms with E-state index in [0.717, 1.165) is 16.8 Å². The first-order chi connectivity index (χ1) is 8.88. The molecule has 0 amide bonds. The van der Waals surface area contributed by atoms with Gasteiger partial charge < -0.3 is 5.11 Å². The van der Waals surface area contributed by atoms with Crippen molar-refractivity contribution < 1.29 is 9.90 Å². The summed E-state index contributed by atoms with van der Waals surface area (Å²) in [6.45, 7) is 5.47. The monoisotopic (exact) mass is 258 g/mol. The van der Waals surface area contributed by atoms with Crippen LogP contribution in [0.2, 0.25) is 0 Å². The molecule has 0 aliphatic rings. The van der Waals surface area contributed by atoms with Crippen LogP contribution in [-0.2, 0) is 11.2 Å². The third-order valence-electron chi connectivity index (χ3n) is 3.14. The van der Waals surface area contributed by atoms with E-state index in [1.54, 1.807) is 24.7 Å². The quantitative estimate of drug-likeness (QED) is 0.917. The van der Waals surface area contributed by atoms with Crippen LogP contribution >= 0.6 is 0 Å². The number of aryl methyl sites for hydroxylation is 1. The van der Waals surface area contributed by atoms with Gasteiger partial charge in [0.15, 0.2) is 0 Å².